The third-order valence-electron chi connectivity index (χ3n) is 6.03. The second-order valence-electron chi connectivity index (χ2n) is 7.89. The molecule has 1 N–H and O–H groups in total. The van der Waals surface area contributed by atoms with Crippen LogP contribution in [0.25, 0.3) is 0 Å². The molecule has 28 heavy (non-hydrogen) atoms. The molecular weight excluding hydrogens is 358 g/mol. The standard InChI is InChI=1S/C23H26F2N2O/c24-18-5-3-17(4-6-18)20-2-1-13-27(22-15-19(25)7-8-21(20)22)23(28)14-16-9-11-26-12-10-16/h3-8,15-16,20,26H,1-2,9-14H2/t20-/m0/s1. The van der Waals surface area contributed by atoms with E-state index >= 15 is 0 Å². The lowest BCUT2D eigenvalue weighted by molar-refractivity contribution is -0.119. The smallest absolute Gasteiger partial charge is 0.227 e. The molecule has 0 bridgehead atoms. The molecule has 2 aromatic rings. The van der Waals surface area contributed by atoms with E-state index in [1.54, 1.807) is 23.1 Å². The molecule has 0 aliphatic carbocycles. The van der Waals surface area contributed by atoms with Crippen LogP contribution >= 0.6 is 0 Å². The van der Waals surface area contributed by atoms with E-state index in [1.165, 1.54) is 24.3 Å². The zero-order chi connectivity index (χ0) is 19.5. The first kappa shape index (κ1) is 19.1. The van der Waals surface area contributed by atoms with Gasteiger partial charge >= 0.3 is 0 Å². The summed E-state index contributed by atoms with van der Waals surface area (Å²) in [6.07, 6.45) is 4.21. The fourth-order valence-electron chi connectivity index (χ4n) is 4.52. The highest BCUT2D eigenvalue weighted by Crippen LogP contribution is 2.39. The summed E-state index contributed by atoms with van der Waals surface area (Å²) in [6, 6.07) is 11.2. The number of nitrogens with one attached hydrogen (secondary N) is 1. The van der Waals surface area contributed by atoms with Crippen LogP contribution in [-0.2, 0) is 4.79 Å². The molecule has 0 radical (unpaired) electrons. The van der Waals surface area contributed by atoms with E-state index in [2.05, 4.69) is 5.32 Å². The lowest BCUT2D eigenvalue weighted by Gasteiger charge is -2.28. The number of anilines is 1. The number of carbonyl (C=O) groups excluding carboxylic acids is 1. The van der Waals surface area contributed by atoms with Gasteiger partial charge in [-0.3, -0.25) is 4.79 Å². The van der Waals surface area contributed by atoms with Gasteiger partial charge in [0.1, 0.15) is 11.6 Å². The number of benzene rings is 2. The highest BCUT2D eigenvalue weighted by atomic mass is 19.1. The Labute approximate surface area is 164 Å². The monoisotopic (exact) mass is 384 g/mol. The molecule has 4 rings (SSSR count). The Balaban J connectivity index is 1.64. The lowest BCUT2D eigenvalue weighted by Crippen LogP contribution is -2.36. The zero-order valence-corrected chi connectivity index (χ0v) is 16.0. The zero-order valence-electron chi connectivity index (χ0n) is 16.0. The molecule has 5 heteroatoms. The topological polar surface area (TPSA) is 32.3 Å². The number of fused-ring (bicyclic) bond motifs is 1. The number of piperidine rings is 1. The summed E-state index contributed by atoms with van der Waals surface area (Å²) in [5, 5.41) is 3.33. The van der Waals surface area contributed by atoms with Gasteiger partial charge in [-0.1, -0.05) is 18.2 Å². The van der Waals surface area contributed by atoms with Gasteiger partial charge < -0.3 is 10.2 Å². The van der Waals surface area contributed by atoms with E-state index in [9.17, 15) is 13.6 Å². The molecular formula is C23H26F2N2O. The normalized spacial score (nSPS) is 20.5. The number of carbonyl (C=O) groups is 1. The van der Waals surface area contributed by atoms with Gasteiger partial charge in [0.15, 0.2) is 0 Å². The van der Waals surface area contributed by atoms with E-state index in [4.69, 9.17) is 0 Å². The molecule has 0 aromatic heterocycles. The van der Waals surface area contributed by atoms with Crippen LogP contribution in [0.2, 0.25) is 0 Å². The predicted octanol–water partition coefficient (Wildman–Crippen LogP) is 4.61. The summed E-state index contributed by atoms with van der Waals surface area (Å²) >= 11 is 0. The van der Waals surface area contributed by atoms with Crippen molar-refractivity contribution in [2.75, 3.05) is 24.5 Å². The van der Waals surface area contributed by atoms with Crippen molar-refractivity contribution in [3.63, 3.8) is 0 Å². The number of rotatable bonds is 3. The highest BCUT2D eigenvalue weighted by molar-refractivity contribution is 5.94. The SMILES string of the molecule is O=C(CC1CCNCC1)N1CCC[C@@H](c2ccc(F)cc2)c2ccc(F)cc21. The number of hydrogen-bond donors (Lipinski definition) is 1. The van der Waals surface area contributed by atoms with Crippen molar-refractivity contribution < 1.29 is 13.6 Å². The first-order valence-corrected chi connectivity index (χ1v) is 10.2. The minimum Gasteiger partial charge on any atom is -0.317 e. The van der Waals surface area contributed by atoms with Crippen molar-refractivity contribution in [3.8, 4) is 0 Å². The average Bonchev–Trinajstić information content (AvgIpc) is 2.89. The van der Waals surface area contributed by atoms with Crippen LogP contribution in [0, 0.1) is 17.6 Å². The number of halogens is 2. The summed E-state index contributed by atoms with van der Waals surface area (Å²) in [6.45, 7) is 2.50. The Hall–Kier alpha value is -2.27. The van der Waals surface area contributed by atoms with E-state index in [0.29, 0.717) is 24.6 Å². The Bertz CT molecular complexity index is 831. The number of hydrogen-bond acceptors (Lipinski definition) is 2. The molecule has 1 saturated heterocycles. The molecule has 2 aromatic carbocycles. The summed E-state index contributed by atoms with van der Waals surface area (Å²) in [5.74, 6) is -0.0954. The molecule has 0 saturated carbocycles. The van der Waals surface area contributed by atoms with Crippen LogP contribution in [0.5, 0.6) is 0 Å². The van der Waals surface area contributed by atoms with Crippen molar-refractivity contribution in [1.82, 2.24) is 5.32 Å². The van der Waals surface area contributed by atoms with Gasteiger partial charge in [-0.25, -0.2) is 8.78 Å². The molecule has 3 nitrogen and oxygen atoms in total. The number of amides is 1. The van der Waals surface area contributed by atoms with Crippen LogP contribution in [0.1, 0.15) is 49.1 Å². The van der Waals surface area contributed by atoms with Gasteiger partial charge in [-0.05, 0) is 80.1 Å². The largest absolute Gasteiger partial charge is 0.317 e. The fourth-order valence-corrected chi connectivity index (χ4v) is 4.52. The third kappa shape index (κ3) is 4.09. The second-order valence-corrected chi connectivity index (χ2v) is 7.89. The fraction of sp³-hybridized carbons (Fsp3) is 0.435. The minimum atomic E-state index is -0.335. The Morgan fingerprint density at radius 1 is 1.00 bits per heavy atom. The molecule has 1 fully saturated rings. The van der Waals surface area contributed by atoms with Gasteiger partial charge in [0.05, 0.1) is 5.69 Å². The predicted molar refractivity (Wildman–Crippen MR) is 106 cm³/mol. The number of nitrogens with zero attached hydrogens (tertiary/aromatic N) is 1. The summed E-state index contributed by atoms with van der Waals surface area (Å²) in [5.41, 5.74) is 2.62. The molecule has 148 valence electrons. The molecule has 2 aliphatic rings. The van der Waals surface area contributed by atoms with E-state index < -0.39 is 0 Å². The summed E-state index contributed by atoms with van der Waals surface area (Å²) < 4.78 is 27.5. The Morgan fingerprint density at radius 2 is 1.71 bits per heavy atom. The van der Waals surface area contributed by atoms with Crippen LogP contribution in [-0.4, -0.2) is 25.5 Å². The Morgan fingerprint density at radius 3 is 2.46 bits per heavy atom. The lowest BCUT2D eigenvalue weighted by atomic mass is 9.87. The van der Waals surface area contributed by atoms with Gasteiger partial charge in [0.2, 0.25) is 5.91 Å². The van der Waals surface area contributed by atoms with Gasteiger partial charge in [-0.2, -0.15) is 0 Å². The molecule has 0 spiro atoms. The maximum atomic E-state index is 14.1. The van der Waals surface area contributed by atoms with Gasteiger partial charge in [0.25, 0.3) is 0 Å². The van der Waals surface area contributed by atoms with Crippen LogP contribution in [0.4, 0.5) is 14.5 Å². The summed E-state index contributed by atoms with van der Waals surface area (Å²) in [4.78, 5) is 14.9. The Kier molecular flexibility index (Phi) is 5.72. The first-order chi connectivity index (χ1) is 13.6. The molecule has 2 heterocycles. The van der Waals surface area contributed by atoms with Gasteiger partial charge in [0, 0.05) is 18.9 Å². The molecule has 0 unspecified atom stereocenters. The first-order valence-electron chi connectivity index (χ1n) is 10.2. The van der Waals surface area contributed by atoms with Crippen molar-refractivity contribution in [2.45, 2.75) is 38.0 Å². The van der Waals surface area contributed by atoms with Crippen LogP contribution < -0.4 is 10.2 Å². The molecule has 1 atom stereocenters. The third-order valence-corrected chi connectivity index (χ3v) is 6.03. The van der Waals surface area contributed by atoms with E-state index in [1.807, 2.05) is 0 Å². The highest BCUT2D eigenvalue weighted by Gasteiger charge is 2.29. The van der Waals surface area contributed by atoms with Crippen molar-refractivity contribution >= 4 is 11.6 Å². The quantitative estimate of drug-likeness (QED) is 0.838. The van der Waals surface area contributed by atoms with Gasteiger partial charge in [-0.15, -0.1) is 0 Å². The van der Waals surface area contributed by atoms with E-state index in [0.717, 1.165) is 49.9 Å². The average molecular weight is 384 g/mol. The van der Waals surface area contributed by atoms with Crippen LogP contribution in [0.15, 0.2) is 42.5 Å². The van der Waals surface area contributed by atoms with E-state index in [-0.39, 0.29) is 23.5 Å². The molecule has 1 amide bonds. The maximum Gasteiger partial charge on any atom is 0.227 e. The van der Waals surface area contributed by atoms with Crippen molar-refractivity contribution in [1.29, 1.82) is 0 Å². The summed E-state index contributed by atoms with van der Waals surface area (Å²) in [7, 11) is 0. The maximum absolute atomic E-state index is 14.1. The van der Waals surface area contributed by atoms with Crippen molar-refractivity contribution in [3.05, 3.63) is 65.2 Å². The van der Waals surface area contributed by atoms with Crippen LogP contribution in [0.3, 0.4) is 0 Å². The second kappa shape index (κ2) is 8.39. The van der Waals surface area contributed by atoms with Crippen molar-refractivity contribution in [2.24, 2.45) is 5.92 Å². The minimum absolute atomic E-state index is 0.0351. The molecule has 2 aliphatic heterocycles.